The van der Waals surface area contributed by atoms with Crippen LogP contribution in [0.5, 0.6) is 0 Å². The van der Waals surface area contributed by atoms with Crippen LogP contribution in [0.25, 0.3) is 16.9 Å². The van der Waals surface area contributed by atoms with Crippen LogP contribution >= 0.6 is 0 Å². The Morgan fingerprint density at radius 1 is 0.906 bits per heavy atom. The number of carbonyl (C=O) groups is 1. The Hall–Kier alpha value is -3.70. The highest BCUT2D eigenvalue weighted by Gasteiger charge is 2.16. The number of carbonyl (C=O) groups excluding carboxylic acids is 1. The number of likely N-dealkylation sites (N-methyl/N-ethyl adjacent to an activating group) is 1. The van der Waals surface area contributed by atoms with E-state index < -0.39 is 0 Å². The first kappa shape index (κ1) is 21.5. The molecule has 32 heavy (non-hydrogen) atoms. The highest BCUT2D eigenvalue weighted by atomic mass is 16.2. The van der Waals surface area contributed by atoms with Gasteiger partial charge in [0, 0.05) is 29.6 Å². The smallest absolute Gasteiger partial charge is 0.238 e. The maximum atomic E-state index is 12.7. The molecule has 0 saturated carbocycles. The molecule has 0 aliphatic heterocycles. The van der Waals surface area contributed by atoms with E-state index in [1.807, 2.05) is 97.2 Å². The van der Waals surface area contributed by atoms with Crippen molar-refractivity contribution in [3.63, 3.8) is 0 Å². The molecule has 5 nitrogen and oxygen atoms in total. The number of hydrogen-bond donors (Lipinski definition) is 1. The molecule has 3 aromatic carbocycles. The molecule has 1 heterocycles. The molecule has 5 heteroatoms. The Bertz CT molecular complexity index is 1180. The van der Waals surface area contributed by atoms with Crippen molar-refractivity contribution in [3.8, 4) is 16.9 Å². The molecule has 4 aromatic rings. The lowest BCUT2D eigenvalue weighted by molar-refractivity contribution is -0.117. The molecule has 0 spiro atoms. The first-order valence-electron chi connectivity index (χ1n) is 10.8. The Morgan fingerprint density at radius 2 is 1.53 bits per heavy atom. The van der Waals surface area contributed by atoms with Crippen LogP contribution in [-0.2, 0) is 11.3 Å². The summed E-state index contributed by atoms with van der Waals surface area (Å²) in [5.41, 5.74) is 7.09. The molecular weight excluding hydrogens is 396 g/mol. The number of para-hydroxylation sites is 2. The minimum atomic E-state index is -0.0263. The number of amides is 1. The van der Waals surface area contributed by atoms with Gasteiger partial charge in [-0.2, -0.15) is 5.10 Å². The van der Waals surface area contributed by atoms with Crippen molar-refractivity contribution < 1.29 is 4.79 Å². The minimum absolute atomic E-state index is 0.0263. The van der Waals surface area contributed by atoms with Crippen molar-refractivity contribution in [2.24, 2.45) is 0 Å². The highest BCUT2D eigenvalue weighted by Crippen LogP contribution is 2.25. The average molecular weight is 425 g/mol. The second-order valence-electron chi connectivity index (χ2n) is 8.14. The van der Waals surface area contributed by atoms with Gasteiger partial charge < -0.3 is 5.32 Å². The van der Waals surface area contributed by atoms with Gasteiger partial charge in [-0.1, -0.05) is 66.7 Å². The van der Waals surface area contributed by atoms with Crippen LogP contribution in [0.4, 0.5) is 5.69 Å². The molecule has 0 radical (unpaired) electrons. The molecule has 0 fully saturated rings. The van der Waals surface area contributed by atoms with E-state index in [-0.39, 0.29) is 5.91 Å². The maximum absolute atomic E-state index is 12.7. The van der Waals surface area contributed by atoms with E-state index in [0.717, 1.165) is 39.3 Å². The Morgan fingerprint density at radius 3 is 2.19 bits per heavy atom. The first-order chi connectivity index (χ1) is 15.5. The normalized spacial score (nSPS) is 11.0. The number of benzene rings is 3. The second kappa shape index (κ2) is 9.62. The van der Waals surface area contributed by atoms with Gasteiger partial charge in [0.05, 0.1) is 17.9 Å². The fourth-order valence-corrected chi connectivity index (χ4v) is 3.86. The predicted octanol–water partition coefficient (Wildman–Crippen LogP) is 5.23. The fourth-order valence-electron chi connectivity index (χ4n) is 3.86. The third-order valence-corrected chi connectivity index (χ3v) is 5.46. The van der Waals surface area contributed by atoms with E-state index >= 15 is 0 Å². The highest BCUT2D eigenvalue weighted by molar-refractivity contribution is 5.93. The summed E-state index contributed by atoms with van der Waals surface area (Å²) in [5.74, 6) is -0.0263. The Balaban J connectivity index is 1.53. The summed E-state index contributed by atoms with van der Waals surface area (Å²) in [6.45, 7) is 4.92. The summed E-state index contributed by atoms with van der Waals surface area (Å²) in [5, 5.41) is 7.93. The van der Waals surface area contributed by atoms with E-state index in [1.165, 1.54) is 0 Å². The monoisotopic (exact) mass is 424 g/mol. The number of nitrogens with zero attached hydrogens (tertiary/aromatic N) is 3. The molecule has 0 saturated heterocycles. The van der Waals surface area contributed by atoms with Crippen LogP contribution in [-0.4, -0.2) is 34.2 Å². The van der Waals surface area contributed by atoms with Gasteiger partial charge in [-0.25, -0.2) is 4.68 Å². The topological polar surface area (TPSA) is 50.2 Å². The molecular formula is C27H28N4O. The van der Waals surface area contributed by atoms with Gasteiger partial charge in [0.15, 0.2) is 0 Å². The van der Waals surface area contributed by atoms with Gasteiger partial charge >= 0.3 is 0 Å². The molecule has 4 rings (SSSR count). The molecule has 1 N–H and O–H groups in total. The van der Waals surface area contributed by atoms with Gasteiger partial charge in [0.25, 0.3) is 0 Å². The van der Waals surface area contributed by atoms with Crippen LogP contribution in [0.1, 0.15) is 16.7 Å². The van der Waals surface area contributed by atoms with E-state index in [2.05, 4.69) is 23.6 Å². The average Bonchev–Trinajstić information content (AvgIpc) is 3.21. The van der Waals surface area contributed by atoms with Crippen LogP contribution in [0, 0.1) is 13.8 Å². The number of aromatic nitrogens is 2. The van der Waals surface area contributed by atoms with Gasteiger partial charge in [0.1, 0.15) is 0 Å². The molecule has 0 aliphatic rings. The zero-order valence-electron chi connectivity index (χ0n) is 18.7. The number of rotatable bonds is 7. The molecule has 0 bridgehead atoms. The van der Waals surface area contributed by atoms with Crippen LogP contribution in [0.15, 0.2) is 85.1 Å². The summed E-state index contributed by atoms with van der Waals surface area (Å²) in [4.78, 5) is 14.7. The molecule has 1 amide bonds. The van der Waals surface area contributed by atoms with Crippen molar-refractivity contribution in [2.75, 3.05) is 18.9 Å². The fraction of sp³-hybridized carbons (Fsp3) is 0.185. The summed E-state index contributed by atoms with van der Waals surface area (Å²) in [6, 6.07) is 26.3. The molecule has 0 unspecified atom stereocenters. The van der Waals surface area contributed by atoms with E-state index in [1.54, 1.807) is 0 Å². The third kappa shape index (κ3) is 4.95. The molecule has 0 aliphatic carbocycles. The zero-order chi connectivity index (χ0) is 22.5. The number of anilines is 1. The summed E-state index contributed by atoms with van der Waals surface area (Å²) in [7, 11) is 1.96. The number of aryl methyl sites for hydroxylation is 2. The van der Waals surface area contributed by atoms with Gasteiger partial charge in [-0.3, -0.25) is 9.69 Å². The maximum Gasteiger partial charge on any atom is 0.238 e. The summed E-state index contributed by atoms with van der Waals surface area (Å²) < 4.78 is 1.91. The lowest BCUT2D eigenvalue weighted by atomic mass is 10.1. The van der Waals surface area contributed by atoms with Crippen molar-refractivity contribution >= 4 is 11.6 Å². The largest absolute Gasteiger partial charge is 0.324 e. The van der Waals surface area contributed by atoms with Crippen LogP contribution in [0.2, 0.25) is 0 Å². The zero-order valence-corrected chi connectivity index (χ0v) is 18.7. The van der Waals surface area contributed by atoms with E-state index in [0.29, 0.717) is 13.1 Å². The van der Waals surface area contributed by atoms with Crippen LogP contribution < -0.4 is 5.32 Å². The minimum Gasteiger partial charge on any atom is -0.324 e. The van der Waals surface area contributed by atoms with Gasteiger partial charge in [-0.15, -0.1) is 0 Å². The Labute approximate surface area is 189 Å². The van der Waals surface area contributed by atoms with Crippen molar-refractivity contribution in [3.05, 3.63) is 102 Å². The Kier molecular flexibility index (Phi) is 6.47. The van der Waals surface area contributed by atoms with Crippen molar-refractivity contribution in [1.82, 2.24) is 14.7 Å². The molecule has 0 atom stereocenters. The summed E-state index contributed by atoms with van der Waals surface area (Å²) >= 11 is 0. The third-order valence-electron chi connectivity index (χ3n) is 5.46. The van der Waals surface area contributed by atoms with E-state index in [4.69, 9.17) is 5.10 Å². The molecule has 1 aromatic heterocycles. The summed E-state index contributed by atoms with van der Waals surface area (Å²) in [6.07, 6.45) is 2.05. The predicted molar refractivity (Wildman–Crippen MR) is 130 cm³/mol. The quantitative estimate of drug-likeness (QED) is 0.442. The number of nitrogens with one attached hydrogen (secondary N) is 1. The van der Waals surface area contributed by atoms with E-state index in [9.17, 15) is 4.79 Å². The second-order valence-corrected chi connectivity index (χ2v) is 8.14. The lowest BCUT2D eigenvalue weighted by Crippen LogP contribution is -2.30. The number of hydrogen-bond acceptors (Lipinski definition) is 3. The lowest BCUT2D eigenvalue weighted by Gasteiger charge is -2.17. The SMILES string of the molecule is Cc1cccc(C)c1NC(=O)CN(C)Cc1cn(-c2ccccc2)nc1-c1ccccc1. The molecule has 162 valence electrons. The van der Waals surface area contributed by atoms with Gasteiger partial charge in [-0.05, 0) is 44.2 Å². The van der Waals surface area contributed by atoms with Crippen molar-refractivity contribution in [1.29, 1.82) is 0 Å². The first-order valence-corrected chi connectivity index (χ1v) is 10.8. The van der Waals surface area contributed by atoms with Crippen molar-refractivity contribution in [2.45, 2.75) is 20.4 Å². The van der Waals surface area contributed by atoms with Crippen LogP contribution in [0.3, 0.4) is 0 Å². The standard InChI is InChI=1S/C27H28N4O/c1-20-11-10-12-21(2)26(20)28-25(32)19-30(3)17-23-18-31(24-15-8-5-9-16-24)29-27(23)22-13-6-4-7-14-22/h4-16,18H,17,19H2,1-3H3,(H,28,32). The van der Waals surface area contributed by atoms with Gasteiger partial charge in [0.2, 0.25) is 5.91 Å².